The number of aromatic nitrogens is 3. The minimum absolute atomic E-state index is 0.402. The van der Waals surface area contributed by atoms with Crippen LogP contribution in [0.2, 0.25) is 0 Å². The zero-order valence-electron chi connectivity index (χ0n) is 14.3. The zero-order valence-corrected chi connectivity index (χ0v) is 14.3. The Balaban J connectivity index is 1.85. The fourth-order valence-electron chi connectivity index (χ4n) is 3.65. The zero-order chi connectivity index (χ0) is 15.7. The fraction of sp³-hybridized carbons (Fsp3) is 0.667. The molecule has 1 atom stereocenters. The maximum Gasteiger partial charge on any atom is 0.160 e. The third-order valence-corrected chi connectivity index (χ3v) is 4.79. The van der Waals surface area contributed by atoms with Crippen molar-refractivity contribution in [3.8, 4) is 0 Å². The molecule has 0 radical (unpaired) electrons. The minimum Gasteiger partial charge on any atom is -0.310 e. The first-order chi connectivity index (χ1) is 10.6. The van der Waals surface area contributed by atoms with Gasteiger partial charge in [0.05, 0.1) is 0 Å². The van der Waals surface area contributed by atoms with Gasteiger partial charge in [0, 0.05) is 31.2 Å². The van der Waals surface area contributed by atoms with Crippen LogP contribution in [-0.2, 0) is 6.42 Å². The molecule has 1 aliphatic rings. The Morgan fingerprint density at radius 3 is 2.77 bits per heavy atom. The summed E-state index contributed by atoms with van der Waals surface area (Å²) < 4.78 is 2.32. The Morgan fingerprint density at radius 1 is 1.23 bits per heavy atom. The number of hydrogen-bond acceptors (Lipinski definition) is 3. The molecule has 3 heterocycles. The second-order valence-electron chi connectivity index (χ2n) is 7.14. The van der Waals surface area contributed by atoms with Crippen molar-refractivity contribution in [3.05, 3.63) is 24.2 Å². The Bertz CT molecular complexity index is 629. The van der Waals surface area contributed by atoms with E-state index in [2.05, 4.69) is 48.2 Å². The highest BCUT2D eigenvalue weighted by atomic mass is 15.2. The smallest absolute Gasteiger partial charge is 0.160 e. The van der Waals surface area contributed by atoms with Gasteiger partial charge in [-0.25, -0.2) is 9.97 Å². The van der Waals surface area contributed by atoms with Crippen LogP contribution < -0.4 is 0 Å². The molecule has 4 nitrogen and oxygen atoms in total. The van der Waals surface area contributed by atoms with Crippen molar-refractivity contribution < 1.29 is 0 Å². The summed E-state index contributed by atoms with van der Waals surface area (Å²) in [7, 11) is 0. The van der Waals surface area contributed by atoms with Gasteiger partial charge in [-0.05, 0) is 65.1 Å². The second-order valence-corrected chi connectivity index (χ2v) is 7.14. The molecule has 0 N–H and O–H groups in total. The summed E-state index contributed by atoms with van der Waals surface area (Å²) >= 11 is 0. The van der Waals surface area contributed by atoms with Gasteiger partial charge in [-0.2, -0.15) is 0 Å². The monoisotopic (exact) mass is 300 g/mol. The highest BCUT2D eigenvalue weighted by molar-refractivity contribution is 5.71. The average molecular weight is 300 g/mol. The first-order valence-corrected chi connectivity index (χ1v) is 8.62. The minimum atomic E-state index is 0.402. The van der Waals surface area contributed by atoms with E-state index in [1.165, 1.54) is 31.8 Å². The number of likely N-dealkylation sites (tertiary alicyclic amines) is 1. The van der Waals surface area contributed by atoms with Crippen molar-refractivity contribution in [3.63, 3.8) is 0 Å². The largest absolute Gasteiger partial charge is 0.310 e. The Labute approximate surface area is 133 Å². The molecular formula is C18H28N4. The first kappa shape index (κ1) is 15.5. The SMILES string of the molecule is CC(C)N1CCCC(Cc2nc3cccnc3n2C(C)C)C1. The van der Waals surface area contributed by atoms with Gasteiger partial charge in [0.2, 0.25) is 0 Å². The molecule has 4 heteroatoms. The second kappa shape index (κ2) is 6.37. The molecule has 2 aromatic rings. The molecular weight excluding hydrogens is 272 g/mol. The van der Waals surface area contributed by atoms with E-state index in [1.807, 2.05) is 12.3 Å². The van der Waals surface area contributed by atoms with Gasteiger partial charge >= 0.3 is 0 Å². The van der Waals surface area contributed by atoms with Gasteiger partial charge in [0.1, 0.15) is 11.3 Å². The molecule has 1 fully saturated rings. The molecule has 0 saturated carbocycles. The van der Waals surface area contributed by atoms with E-state index in [0.717, 1.165) is 17.6 Å². The Kier molecular flexibility index (Phi) is 4.48. The third kappa shape index (κ3) is 3.02. The summed E-state index contributed by atoms with van der Waals surface area (Å²) in [4.78, 5) is 12.0. The van der Waals surface area contributed by atoms with Gasteiger partial charge in [-0.1, -0.05) is 0 Å². The standard InChI is InChI=1S/C18H28N4/c1-13(2)21-10-6-7-15(12-21)11-17-20-16-8-5-9-19-18(16)22(17)14(3)4/h5,8-9,13-15H,6-7,10-12H2,1-4H3. The molecule has 22 heavy (non-hydrogen) atoms. The number of fused-ring (bicyclic) bond motifs is 1. The number of pyridine rings is 1. The molecule has 3 rings (SSSR count). The van der Waals surface area contributed by atoms with E-state index in [9.17, 15) is 0 Å². The van der Waals surface area contributed by atoms with Crippen LogP contribution >= 0.6 is 0 Å². The maximum atomic E-state index is 4.88. The van der Waals surface area contributed by atoms with Crippen molar-refractivity contribution in [2.45, 2.75) is 59.0 Å². The van der Waals surface area contributed by atoms with Gasteiger partial charge in [0.15, 0.2) is 5.65 Å². The molecule has 0 spiro atoms. The maximum absolute atomic E-state index is 4.88. The van der Waals surface area contributed by atoms with Gasteiger partial charge in [-0.3, -0.25) is 0 Å². The first-order valence-electron chi connectivity index (χ1n) is 8.62. The number of hydrogen-bond donors (Lipinski definition) is 0. The summed E-state index contributed by atoms with van der Waals surface area (Å²) in [5, 5.41) is 0. The van der Waals surface area contributed by atoms with Crippen molar-refractivity contribution >= 4 is 11.2 Å². The van der Waals surface area contributed by atoms with E-state index in [-0.39, 0.29) is 0 Å². The highest BCUT2D eigenvalue weighted by Crippen LogP contribution is 2.25. The lowest BCUT2D eigenvalue weighted by atomic mass is 9.93. The molecule has 0 bridgehead atoms. The number of nitrogens with zero attached hydrogens (tertiary/aromatic N) is 4. The summed E-state index contributed by atoms with van der Waals surface area (Å²) in [6, 6.07) is 5.10. The Hall–Kier alpha value is -1.42. The molecule has 0 aromatic carbocycles. The predicted octanol–water partition coefficient (Wildman–Crippen LogP) is 3.68. The fourth-order valence-corrected chi connectivity index (χ4v) is 3.65. The summed E-state index contributed by atoms with van der Waals surface area (Å²) in [6.07, 6.45) is 5.56. The van der Waals surface area contributed by atoms with E-state index < -0.39 is 0 Å². The lowest BCUT2D eigenvalue weighted by molar-refractivity contribution is 0.138. The van der Waals surface area contributed by atoms with Crippen molar-refractivity contribution in [1.29, 1.82) is 0 Å². The number of piperidine rings is 1. The summed E-state index contributed by atoms with van der Waals surface area (Å²) in [6.45, 7) is 11.5. The van der Waals surface area contributed by atoms with Crippen LogP contribution in [0.3, 0.4) is 0 Å². The quantitative estimate of drug-likeness (QED) is 0.864. The van der Waals surface area contributed by atoms with Crippen molar-refractivity contribution in [1.82, 2.24) is 19.4 Å². The molecule has 2 aromatic heterocycles. The Morgan fingerprint density at radius 2 is 2.05 bits per heavy atom. The van der Waals surface area contributed by atoms with Crippen LogP contribution in [0.1, 0.15) is 52.4 Å². The molecule has 1 saturated heterocycles. The third-order valence-electron chi connectivity index (χ3n) is 4.79. The van der Waals surface area contributed by atoms with Crippen LogP contribution in [0, 0.1) is 5.92 Å². The van der Waals surface area contributed by atoms with E-state index in [1.54, 1.807) is 0 Å². The van der Waals surface area contributed by atoms with E-state index in [4.69, 9.17) is 4.98 Å². The summed E-state index contributed by atoms with van der Waals surface area (Å²) in [5.74, 6) is 1.92. The predicted molar refractivity (Wildman–Crippen MR) is 91.1 cm³/mol. The van der Waals surface area contributed by atoms with Crippen LogP contribution in [0.4, 0.5) is 0 Å². The van der Waals surface area contributed by atoms with Crippen LogP contribution in [0.15, 0.2) is 18.3 Å². The molecule has 0 amide bonds. The number of imidazole rings is 1. The lowest BCUT2D eigenvalue weighted by Crippen LogP contribution is -2.40. The van der Waals surface area contributed by atoms with Crippen molar-refractivity contribution in [2.24, 2.45) is 5.92 Å². The summed E-state index contributed by atoms with van der Waals surface area (Å²) in [5.41, 5.74) is 2.06. The molecule has 120 valence electrons. The van der Waals surface area contributed by atoms with Gasteiger partial charge < -0.3 is 9.47 Å². The lowest BCUT2D eigenvalue weighted by Gasteiger charge is -2.35. The van der Waals surface area contributed by atoms with Crippen LogP contribution in [0.25, 0.3) is 11.2 Å². The van der Waals surface area contributed by atoms with Gasteiger partial charge in [-0.15, -0.1) is 0 Å². The highest BCUT2D eigenvalue weighted by Gasteiger charge is 2.24. The molecule has 0 aliphatic carbocycles. The van der Waals surface area contributed by atoms with E-state index in [0.29, 0.717) is 18.0 Å². The topological polar surface area (TPSA) is 34.0 Å². The molecule has 1 aliphatic heterocycles. The average Bonchev–Trinajstić information content (AvgIpc) is 2.85. The van der Waals surface area contributed by atoms with Crippen molar-refractivity contribution in [2.75, 3.05) is 13.1 Å². The van der Waals surface area contributed by atoms with E-state index >= 15 is 0 Å². The van der Waals surface area contributed by atoms with Crippen LogP contribution in [-0.4, -0.2) is 38.6 Å². The molecule has 1 unspecified atom stereocenters. The normalized spacial score (nSPS) is 20.4. The van der Waals surface area contributed by atoms with Gasteiger partial charge in [0.25, 0.3) is 0 Å². The number of rotatable bonds is 4. The van der Waals surface area contributed by atoms with Crippen LogP contribution in [0.5, 0.6) is 0 Å².